The van der Waals surface area contributed by atoms with Crippen LogP contribution in [-0.4, -0.2) is 18.5 Å². The monoisotopic (exact) mass is 336 g/mol. The summed E-state index contributed by atoms with van der Waals surface area (Å²) in [7, 11) is 2.13. The molecule has 0 saturated carbocycles. The van der Waals surface area contributed by atoms with Crippen LogP contribution in [-0.2, 0) is 19.6 Å². The zero-order valence-corrected chi connectivity index (χ0v) is 13.6. The molecule has 0 unspecified atom stereocenters. The van der Waals surface area contributed by atoms with Crippen molar-refractivity contribution in [1.29, 1.82) is 0 Å². The summed E-state index contributed by atoms with van der Waals surface area (Å²) in [5.41, 5.74) is 2.57. The maximum absolute atomic E-state index is 5.54. The van der Waals surface area contributed by atoms with Crippen LogP contribution in [0.5, 0.6) is 0 Å². The number of hydrogen-bond donors (Lipinski definition) is 1. The molecule has 0 aliphatic carbocycles. The van der Waals surface area contributed by atoms with E-state index in [1.54, 1.807) is 6.26 Å². The van der Waals surface area contributed by atoms with Crippen LogP contribution in [0.15, 0.2) is 45.5 Å². The van der Waals surface area contributed by atoms with Crippen molar-refractivity contribution in [3.8, 4) is 0 Å². The lowest BCUT2D eigenvalue weighted by Crippen LogP contribution is -2.19. The fraction of sp³-hybridized carbons (Fsp3) is 0.375. The first-order valence-electron chi connectivity index (χ1n) is 6.88. The summed E-state index contributed by atoms with van der Waals surface area (Å²) in [6.07, 6.45) is 1.77. The molecular formula is C16H21BrN2O. The molecule has 0 aliphatic rings. The fourth-order valence-corrected chi connectivity index (χ4v) is 2.41. The number of benzene rings is 1. The fourth-order valence-electron chi connectivity index (χ4n) is 2.15. The number of rotatable bonds is 7. The summed E-state index contributed by atoms with van der Waals surface area (Å²) in [6.45, 7) is 5.68. The molecule has 0 radical (unpaired) electrons. The Labute approximate surface area is 129 Å². The molecule has 0 bridgehead atoms. The average molecular weight is 337 g/mol. The van der Waals surface area contributed by atoms with Gasteiger partial charge in [-0.25, -0.2) is 0 Å². The highest BCUT2D eigenvalue weighted by Gasteiger charge is 2.09. The number of nitrogens with one attached hydrogen (secondary N) is 1. The predicted octanol–water partition coefficient (Wildman–Crippen LogP) is 3.78. The van der Waals surface area contributed by atoms with Crippen LogP contribution in [0, 0.1) is 0 Å². The molecule has 0 aliphatic heterocycles. The van der Waals surface area contributed by atoms with E-state index in [-0.39, 0.29) is 0 Å². The van der Waals surface area contributed by atoms with Gasteiger partial charge in [-0.15, -0.1) is 0 Å². The summed E-state index contributed by atoms with van der Waals surface area (Å²) in [4.78, 5) is 2.30. The standard InChI is InChI=1S/C16H21BrN2O/c1-3-18-10-16-14(8-9-20-16)12-19(2)11-13-4-6-15(17)7-5-13/h4-9,18H,3,10-12H2,1-2H3. The molecule has 0 spiro atoms. The van der Waals surface area contributed by atoms with Crippen LogP contribution in [0.2, 0.25) is 0 Å². The summed E-state index contributed by atoms with van der Waals surface area (Å²) < 4.78 is 6.66. The number of furan rings is 1. The molecule has 108 valence electrons. The van der Waals surface area contributed by atoms with Gasteiger partial charge in [0.25, 0.3) is 0 Å². The van der Waals surface area contributed by atoms with Gasteiger partial charge in [0.1, 0.15) is 5.76 Å². The van der Waals surface area contributed by atoms with Gasteiger partial charge in [0, 0.05) is 23.1 Å². The van der Waals surface area contributed by atoms with Gasteiger partial charge in [-0.2, -0.15) is 0 Å². The van der Waals surface area contributed by atoms with Crippen molar-refractivity contribution in [2.24, 2.45) is 0 Å². The van der Waals surface area contributed by atoms with Gasteiger partial charge >= 0.3 is 0 Å². The normalized spacial score (nSPS) is 11.2. The van der Waals surface area contributed by atoms with E-state index in [1.165, 1.54) is 11.1 Å². The summed E-state index contributed by atoms with van der Waals surface area (Å²) in [5.74, 6) is 1.04. The molecule has 0 atom stereocenters. The summed E-state index contributed by atoms with van der Waals surface area (Å²) >= 11 is 3.46. The highest BCUT2D eigenvalue weighted by molar-refractivity contribution is 9.10. The number of halogens is 1. The minimum absolute atomic E-state index is 0.797. The van der Waals surface area contributed by atoms with E-state index in [1.807, 2.05) is 0 Å². The molecule has 2 rings (SSSR count). The van der Waals surface area contributed by atoms with Gasteiger partial charge in [0.15, 0.2) is 0 Å². The van der Waals surface area contributed by atoms with E-state index in [0.29, 0.717) is 0 Å². The van der Waals surface area contributed by atoms with Crippen molar-refractivity contribution in [2.75, 3.05) is 13.6 Å². The molecule has 0 fully saturated rings. The van der Waals surface area contributed by atoms with Crippen LogP contribution in [0.4, 0.5) is 0 Å². The number of hydrogen-bond acceptors (Lipinski definition) is 3. The van der Waals surface area contributed by atoms with Gasteiger partial charge in [-0.05, 0) is 37.4 Å². The van der Waals surface area contributed by atoms with Gasteiger partial charge in [-0.3, -0.25) is 4.90 Å². The smallest absolute Gasteiger partial charge is 0.122 e. The molecule has 0 saturated heterocycles. The SMILES string of the molecule is CCNCc1occc1CN(C)Cc1ccc(Br)cc1. The first-order chi connectivity index (χ1) is 9.69. The molecule has 20 heavy (non-hydrogen) atoms. The third-order valence-corrected chi connectivity index (χ3v) is 3.71. The Morgan fingerprint density at radius 1 is 1.15 bits per heavy atom. The highest BCUT2D eigenvalue weighted by atomic mass is 79.9. The lowest BCUT2D eigenvalue weighted by atomic mass is 10.2. The van der Waals surface area contributed by atoms with E-state index in [4.69, 9.17) is 4.42 Å². The first-order valence-corrected chi connectivity index (χ1v) is 7.67. The molecule has 1 heterocycles. The third-order valence-electron chi connectivity index (χ3n) is 3.18. The summed E-state index contributed by atoms with van der Waals surface area (Å²) in [6, 6.07) is 10.5. The minimum Gasteiger partial charge on any atom is -0.468 e. The zero-order chi connectivity index (χ0) is 14.4. The second-order valence-electron chi connectivity index (χ2n) is 4.95. The molecule has 3 nitrogen and oxygen atoms in total. The molecular weight excluding hydrogens is 316 g/mol. The molecule has 1 aromatic heterocycles. The second kappa shape index (κ2) is 7.62. The molecule has 1 N–H and O–H groups in total. The van der Waals surface area contributed by atoms with Gasteiger partial charge in [0.2, 0.25) is 0 Å². The Morgan fingerprint density at radius 3 is 2.60 bits per heavy atom. The van der Waals surface area contributed by atoms with Crippen LogP contribution in [0.3, 0.4) is 0 Å². The van der Waals surface area contributed by atoms with Crippen molar-refractivity contribution < 1.29 is 4.42 Å². The van der Waals surface area contributed by atoms with Crippen LogP contribution >= 0.6 is 15.9 Å². The molecule has 2 aromatic rings. The minimum atomic E-state index is 0.797. The Hall–Kier alpha value is -1.10. The first kappa shape index (κ1) is 15.3. The third kappa shape index (κ3) is 4.47. The second-order valence-corrected chi connectivity index (χ2v) is 5.86. The van der Waals surface area contributed by atoms with Crippen LogP contribution in [0.25, 0.3) is 0 Å². The Kier molecular flexibility index (Phi) is 5.83. The van der Waals surface area contributed by atoms with Crippen molar-refractivity contribution in [2.45, 2.75) is 26.6 Å². The van der Waals surface area contributed by atoms with Crippen LogP contribution in [0.1, 0.15) is 23.8 Å². The van der Waals surface area contributed by atoms with Gasteiger partial charge in [0.05, 0.1) is 12.8 Å². The lowest BCUT2D eigenvalue weighted by molar-refractivity contribution is 0.315. The van der Waals surface area contributed by atoms with Crippen LogP contribution < -0.4 is 5.32 Å². The topological polar surface area (TPSA) is 28.4 Å². The maximum atomic E-state index is 5.54. The highest BCUT2D eigenvalue weighted by Crippen LogP contribution is 2.15. The molecule has 1 aromatic carbocycles. The lowest BCUT2D eigenvalue weighted by Gasteiger charge is -2.16. The molecule has 4 heteroatoms. The number of nitrogens with zero attached hydrogens (tertiary/aromatic N) is 1. The Morgan fingerprint density at radius 2 is 1.90 bits per heavy atom. The van der Waals surface area contributed by atoms with Crippen molar-refractivity contribution in [3.63, 3.8) is 0 Å². The van der Waals surface area contributed by atoms with E-state index in [0.717, 1.165) is 36.4 Å². The van der Waals surface area contributed by atoms with Crippen molar-refractivity contribution in [1.82, 2.24) is 10.2 Å². The predicted molar refractivity (Wildman–Crippen MR) is 85.4 cm³/mol. The largest absolute Gasteiger partial charge is 0.468 e. The maximum Gasteiger partial charge on any atom is 0.122 e. The van der Waals surface area contributed by atoms with Crippen molar-refractivity contribution >= 4 is 15.9 Å². The average Bonchev–Trinajstić information content (AvgIpc) is 2.86. The van der Waals surface area contributed by atoms with Gasteiger partial charge < -0.3 is 9.73 Å². The summed E-state index contributed by atoms with van der Waals surface area (Å²) in [5, 5.41) is 3.30. The van der Waals surface area contributed by atoms with E-state index >= 15 is 0 Å². The van der Waals surface area contributed by atoms with Crippen molar-refractivity contribution in [3.05, 3.63) is 58.0 Å². The Balaban J connectivity index is 1.92. The van der Waals surface area contributed by atoms with E-state index < -0.39 is 0 Å². The van der Waals surface area contributed by atoms with E-state index in [9.17, 15) is 0 Å². The van der Waals surface area contributed by atoms with E-state index in [2.05, 4.69) is 70.4 Å². The molecule has 0 amide bonds. The Bertz CT molecular complexity index is 522. The van der Waals surface area contributed by atoms with Gasteiger partial charge in [-0.1, -0.05) is 35.0 Å². The quantitative estimate of drug-likeness (QED) is 0.833. The zero-order valence-electron chi connectivity index (χ0n) is 12.0.